The van der Waals surface area contributed by atoms with E-state index < -0.39 is 10.8 Å². The fourth-order valence-electron chi connectivity index (χ4n) is 1.43. The Morgan fingerprint density at radius 1 is 1.35 bits per heavy atom. The van der Waals surface area contributed by atoms with Gasteiger partial charge in [0.25, 0.3) is 11.6 Å². The Morgan fingerprint density at radius 3 is 2.70 bits per heavy atom. The second-order valence-electron chi connectivity index (χ2n) is 3.74. The highest BCUT2D eigenvalue weighted by Crippen LogP contribution is 2.25. The van der Waals surface area contributed by atoms with Crippen LogP contribution in [0.25, 0.3) is 0 Å². The number of anilines is 1. The van der Waals surface area contributed by atoms with Crippen molar-refractivity contribution in [2.24, 2.45) is 0 Å². The molecule has 0 saturated heterocycles. The van der Waals surface area contributed by atoms with E-state index in [0.717, 1.165) is 9.64 Å². The quantitative estimate of drug-likeness (QED) is 0.483. The molecular formula is C12H7ClIN3O3. The van der Waals surface area contributed by atoms with Gasteiger partial charge in [0.1, 0.15) is 10.8 Å². The minimum Gasteiger partial charge on any atom is -0.307 e. The van der Waals surface area contributed by atoms with E-state index in [2.05, 4.69) is 32.9 Å². The predicted octanol–water partition coefficient (Wildman–Crippen LogP) is 3.50. The van der Waals surface area contributed by atoms with Crippen molar-refractivity contribution in [1.29, 1.82) is 0 Å². The lowest BCUT2D eigenvalue weighted by molar-refractivity contribution is -0.384. The number of amides is 1. The number of hydrogen-bond donors (Lipinski definition) is 1. The summed E-state index contributed by atoms with van der Waals surface area (Å²) in [7, 11) is 0. The van der Waals surface area contributed by atoms with Crippen molar-refractivity contribution in [3.05, 3.63) is 60.8 Å². The molecule has 1 aromatic carbocycles. The van der Waals surface area contributed by atoms with Crippen molar-refractivity contribution in [3.63, 3.8) is 0 Å². The van der Waals surface area contributed by atoms with Crippen molar-refractivity contribution in [2.45, 2.75) is 0 Å². The number of benzene rings is 1. The molecule has 0 saturated carbocycles. The molecule has 0 spiro atoms. The smallest absolute Gasteiger partial charge is 0.288 e. The number of halogens is 2. The molecule has 0 atom stereocenters. The second kappa shape index (κ2) is 6.14. The third-order valence-corrected chi connectivity index (χ3v) is 3.33. The van der Waals surface area contributed by atoms with Crippen molar-refractivity contribution in [2.75, 3.05) is 5.32 Å². The van der Waals surface area contributed by atoms with Gasteiger partial charge in [-0.05, 0) is 46.9 Å². The van der Waals surface area contributed by atoms with Gasteiger partial charge in [-0.15, -0.1) is 0 Å². The van der Waals surface area contributed by atoms with Gasteiger partial charge in [-0.25, -0.2) is 4.98 Å². The van der Waals surface area contributed by atoms with Crippen molar-refractivity contribution in [1.82, 2.24) is 4.98 Å². The predicted molar refractivity (Wildman–Crippen MR) is 83.0 cm³/mol. The van der Waals surface area contributed by atoms with Crippen molar-refractivity contribution < 1.29 is 9.72 Å². The molecule has 2 rings (SSSR count). The molecule has 0 radical (unpaired) electrons. The molecule has 1 aromatic heterocycles. The number of nitro benzene ring substituents is 1. The largest absolute Gasteiger partial charge is 0.307 e. The molecule has 0 aliphatic rings. The van der Waals surface area contributed by atoms with Gasteiger partial charge in [0.15, 0.2) is 0 Å². The number of rotatable bonds is 3. The van der Waals surface area contributed by atoms with Gasteiger partial charge in [0.05, 0.1) is 4.92 Å². The first-order chi connectivity index (χ1) is 9.47. The number of carbonyl (C=O) groups excluding carboxylic acids is 1. The Hall–Kier alpha value is -1.74. The van der Waals surface area contributed by atoms with Gasteiger partial charge >= 0.3 is 0 Å². The maximum Gasteiger partial charge on any atom is 0.288 e. The Morgan fingerprint density at radius 2 is 2.10 bits per heavy atom. The third kappa shape index (κ3) is 3.42. The Labute approximate surface area is 132 Å². The van der Waals surface area contributed by atoms with Crippen molar-refractivity contribution in [3.8, 4) is 0 Å². The molecule has 2 aromatic rings. The lowest BCUT2D eigenvalue weighted by atomic mass is 10.2. The van der Waals surface area contributed by atoms with Crippen LogP contribution < -0.4 is 5.32 Å². The zero-order valence-electron chi connectivity index (χ0n) is 9.84. The number of nitrogens with one attached hydrogen (secondary N) is 1. The van der Waals surface area contributed by atoms with E-state index in [4.69, 9.17) is 11.6 Å². The minimum absolute atomic E-state index is 0.0149. The monoisotopic (exact) mass is 403 g/mol. The first-order valence-corrected chi connectivity index (χ1v) is 6.80. The van der Waals surface area contributed by atoms with Crippen LogP contribution in [0, 0.1) is 13.7 Å². The van der Waals surface area contributed by atoms with Crippen LogP contribution in [0.1, 0.15) is 10.4 Å². The van der Waals surface area contributed by atoms with E-state index in [1.807, 2.05) is 0 Å². The van der Waals surface area contributed by atoms with Crippen LogP contribution in [0.5, 0.6) is 0 Å². The number of aromatic nitrogens is 1. The summed E-state index contributed by atoms with van der Waals surface area (Å²) in [6.45, 7) is 0. The summed E-state index contributed by atoms with van der Waals surface area (Å²) >= 11 is 7.78. The Kier molecular flexibility index (Phi) is 4.50. The number of nitro groups is 1. The Bertz CT molecular complexity index is 676. The fourth-order valence-corrected chi connectivity index (χ4v) is 1.94. The van der Waals surface area contributed by atoms with Crippen LogP contribution in [0.4, 0.5) is 11.5 Å². The first-order valence-electron chi connectivity index (χ1n) is 5.34. The van der Waals surface area contributed by atoms with E-state index >= 15 is 0 Å². The van der Waals surface area contributed by atoms with Crippen LogP contribution in [0.15, 0.2) is 36.5 Å². The summed E-state index contributed by atoms with van der Waals surface area (Å²) in [6, 6.07) is 7.29. The zero-order valence-corrected chi connectivity index (χ0v) is 12.8. The molecule has 8 heteroatoms. The van der Waals surface area contributed by atoms with Crippen LogP contribution in [-0.4, -0.2) is 15.8 Å². The zero-order chi connectivity index (χ0) is 14.7. The maximum absolute atomic E-state index is 12.0. The fraction of sp³-hybridized carbons (Fsp3) is 0. The van der Waals surface area contributed by atoms with Gasteiger partial charge in [0, 0.05) is 21.4 Å². The lowest BCUT2D eigenvalue weighted by Gasteiger charge is -2.05. The standard InChI is InChI=1S/C12H7ClIN3O3/c13-9-3-1-7(5-10(9)17(19)20)12(18)16-11-4-2-8(14)6-15-11/h1-6H,(H,15,16,18). The molecule has 1 amide bonds. The van der Waals surface area contributed by atoms with Crippen LogP contribution in [-0.2, 0) is 0 Å². The summed E-state index contributed by atoms with van der Waals surface area (Å²) < 4.78 is 0.933. The highest BCUT2D eigenvalue weighted by atomic mass is 127. The van der Waals surface area contributed by atoms with Crippen LogP contribution in [0.2, 0.25) is 5.02 Å². The SMILES string of the molecule is O=C(Nc1ccc(I)cn1)c1ccc(Cl)c([N+](=O)[O-])c1. The number of pyridine rings is 1. The summed E-state index contributed by atoms with van der Waals surface area (Å²) in [5.41, 5.74) is -0.170. The number of carbonyl (C=O) groups is 1. The summed E-state index contributed by atoms with van der Waals surface area (Å²) in [5, 5.41) is 13.3. The molecule has 20 heavy (non-hydrogen) atoms. The minimum atomic E-state index is -0.637. The second-order valence-corrected chi connectivity index (χ2v) is 5.39. The van der Waals surface area contributed by atoms with E-state index in [-0.39, 0.29) is 16.3 Å². The molecule has 0 aliphatic carbocycles. The first kappa shape index (κ1) is 14.7. The summed E-state index contributed by atoms with van der Waals surface area (Å²) in [5.74, 6) is -0.119. The number of nitrogens with zero attached hydrogens (tertiary/aromatic N) is 2. The Balaban J connectivity index is 2.23. The van der Waals surface area contributed by atoms with Crippen molar-refractivity contribution >= 4 is 51.6 Å². The highest BCUT2D eigenvalue weighted by Gasteiger charge is 2.16. The normalized spacial score (nSPS) is 10.1. The average Bonchev–Trinajstić information content (AvgIpc) is 2.41. The molecule has 0 bridgehead atoms. The number of hydrogen-bond acceptors (Lipinski definition) is 4. The van der Waals surface area contributed by atoms with E-state index in [9.17, 15) is 14.9 Å². The van der Waals surface area contributed by atoms with E-state index in [1.54, 1.807) is 18.3 Å². The summed E-state index contributed by atoms with van der Waals surface area (Å²) in [6.07, 6.45) is 1.60. The highest BCUT2D eigenvalue weighted by molar-refractivity contribution is 14.1. The van der Waals surface area contributed by atoms with E-state index in [0.29, 0.717) is 5.82 Å². The molecule has 6 nitrogen and oxygen atoms in total. The van der Waals surface area contributed by atoms with Crippen LogP contribution in [0.3, 0.4) is 0 Å². The average molecular weight is 404 g/mol. The lowest BCUT2D eigenvalue weighted by Crippen LogP contribution is -2.13. The molecule has 0 unspecified atom stereocenters. The molecule has 0 fully saturated rings. The van der Waals surface area contributed by atoms with Gasteiger partial charge in [0.2, 0.25) is 0 Å². The maximum atomic E-state index is 12.0. The van der Waals surface area contributed by atoms with Crippen LogP contribution >= 0.6 is 34.2 Å². The van der Waals surface area contributed by atoms with E-state index in [1.165, 1.54) is 12.1 Å². The topological polar surface area (TPSA) is 85.1 Å². The van der Waals surface area contributed by atoms with Gasteiger partial charge in [-0.3, -0.25) is 14.9 Å². The van der Waals surface area contributed by atoms with Gasteiger partial charge in [-0.2, -0.15) is 0 Å². The molecular weight excluding hydrogens is 397 g/mol. The summed E-state index contributed by atoms with van der Waals surface area (Å²) in [4.78, 5) is 26.1. The molecule has 1 N–H and O–H groups in total. The van der Waals surface area contributed by atoms with Gasteiger partial charge in [-0.1, -0.05) is 11.6 Å². The third-order valence-electron chi connectivity index (χ3n) is 2.37. The van der Waals surface area contributed by atoms with Gasteiger partial charge < -0.3 is 5.32 Å². The molecule has 1 heterocycles. The molecule has 0 aliphatic heterocycles. The molecule has 102 valence electrons.